The van der Waals surface area contributed by atoms with E-state index in [2.05, 4.69) is 17.6 Å². The molecule has 17 heavy (non-hydrogen) atoms. The van der Waals surface area contributed by atoms with Crippen LogP contribution in [0.5, 0.6) is 0 Å². The molecule has 0 aliphatic carbocycles. The minimum Gasteiger partial charge on any atom is -0.354 e. The molecule has 0 spiro atoms. The second kappa shape index (κ2) is 6.34. The molecule has 2 aliphatic rings. The molecule has 0 bridgehead atoms. The SMILES string of the molecule is CCC1(C(=O)NCC2CSCCS2)CCNC1. The van der Waals surface area contributed by atoms with Gasteiger partial charge >= 0.3 is 0 Å². The van der Waals surface area contributed by atoms with Crippen LogP contribution < -0.4 is 10.6 Å². The molecule has 0 aromatic carbocycles. The Labute approximate surface area is 112 Å². The highest BCUT2D eigenvalue weighted by Gasteiger charge is 2.39. The third kappa shape index (κ3) is 3.32. The summed E-state index contributed by atoms with van der Waals surface area (Å²) in [5.74, 6) is 3.94. The van der Waals surface area contributed by atoms with Crippen LogP contribution in [0.15, 0.2) is 0 Å². The average molecular weight is 274 g/mol. The lowest BCUT2D eigenvalue weighted by molar-refractivity contribution is -0.130. The highest BCUT2D eigenvalue weighted by molar-refractivity contribution is 8.06. The molecule has 5 heteroatoms. The van der Waals surface area contributed by atoms with Crippen LogP contribution in [-0.2, 0) is 4.79 Å². The van der Waals surface area contributed by atoms with Crippen molar-refractivity contribution in [1.82, 2.24) is 10.6 Å². The Hall–Kier alpha value is 0.130. The first-order valence-corrected chi connectivity index (χ1v) is 8.65. The first-order valence-electron chi connectivity index (χ1n) is 6.45. The molecule has 2 heterocycles. The van der Waals surface area contributed by atoms with Crippen molar-refractivity contribution in [2.45, 2.75) is 25.0 Å². The zero-order valence-corrected chi connectivity index (χ0v) is 12.1. The van der Waals surface area contributed by atoms with Gasteiger partial charge in [-0.25, -0.2) is 0 Å². The molecule has 2 fully saturated rings. The molecule has 0 radical (unpaired) electrons. The summed E-state index contributed by atoms with van der Waals surface area (Å²) in [7, 11) is 0. The topological polar surface area (TPSA) is 41.1 Å². The lowest BCUT2D eigenvalue weighted by atomic mass is 9.83. The van der Waals surface area contributed by atoms with Crippen LogP contribution in [0.25, 0.3) is 0 Å². The van der Waals surface area contributed by atoms with Gasteiger partial charge in [0, 0.05) is 35.6 Å². The van der Waals surface area contributed by atoms with Crippen LogP contribution in [0.4, 0.5) is 0 Å². The number of thioether (sulfide) groups is 2. The Bertz CT molecular complexity index is 261. The maximum absolute atomic E-state index is 12.3. The highest BCUT2D eigenvalue weighted by Crippen LogP contribution is 2.30. The molecule has 2 rings (SSSR count). The van der Waals surface area contributed by atoms with Gasteiger partial charge in [-0.2, -0.15) is 23.5 Å². The molecule has 3 nitrogen and oxygen atoms in total. The Balaban J connectivity index is 1.79. The monoisotopic (exact) mass is 274 g/mol. The third-order valence-electron chi connectivity index (χ3n) is 3.78. The van der Waals surface area contributed by atoms with Gasteiger partial charge in [-0.3, -0.25) is 4.79 Å². The molecular weight excluding hydrogens is 252 g/mol. The van der Waals surface area contributed by atoms with Gasteiger partial charge in [0.05, 0.1) is 5.41 Å². The molecule has 0 saturated carbocycles. The molecule has 0 aromatic rings. The first kappa shape index (κ1) is 13.6. The van der Waals surface area contributed by atoms with Gasteiger partial charge in [0.1, 0.15) is 0 Å². The second-order valence-corrected chi connectivity index (χ2v) is 7.40. The molecule has 2 N–H and O–H groups in total. The lowest BCUT2D eigenvalue weighted by Crippen LogP contribution is -2.45. The Morgan fingerprint density at radius 2 is 2.41 bits per heavy atom. The minimum absolute atomic E-state index is 0.132. The van der Waals surface area contributed by atoms with E-state index in [0.29, 0.717) is 5.25 Å². The number of amides is 1. The minimum atomic E-state index is -0.132. The zero-order valence-electron chi connectivity index (χ0n) is 10.5. The van der Waals surface area contributed by atoms with Crippen LogP contribution in [0.1, 0.15) is 19.8 Å². The number of hydrogen-bond acceptors (Lipinski definition) is 4. The van der Waals surface area contributed by atoms with Gasteiger partial charge in [-0.15, -0.1) is 0 Å². The van der Waals surface area contributed by atoms with Crippen LogP contribution in [-0.4, -0.2) is 48.0 Å². The van der Waals surface area contributed by atoms with Crippen LogP contribution in [0, 0.1) is 5.41 Å². The van der Waals surface area contributed by atoms with Gasteiger partial charge in [0.15, 0.2) is 0 Å². The molecule has 2 aliphatic heterocycles. The Kier molecular flexibility index (Phi) is 5.06. The number of carbonyl (C=O) groups is 1. The highest BCUT2D eigenvalue weighted by atomic mass is 32.2. The molecular formula is C12H22N2OS2. The predicted molar refractivity (Wildman–Crippen MR) is 76.8 cm³/mol. The van der Waals surface area contributed by atoms with E-state index in [1.807, 2.05) is 23.5 Å². The summed E-state index contributed by atoms with van der Waals surface area (Å²) in [5, 5.41) is 7.10. The average Bonchev–Trinajstić information content (AvgIpc) is 2.87. The summed E-state index contributed by atoms with van der Waals surface area (Å²) < 4.78 is 0. The molecule has 2 atom stereocenters. The van der Waals surface area contributed by atoms with Crippen molar-refractivity contribution in [3.8, 4) is 0 Å². The fraction of sp³-hybridized carbons (Fsp3) is 0.917. The van der Waals surface area contributed by atoms with Crippen LogP contribution >= 0.6 is 23.5 Å². The van der Waals surface area contributed by atoms with Crippen molar-refractivity contribution in [2.75, 3.05) is 36.9 Å². The molecule has 98 valence electrons. The molecule has 0 aromatic heterocycles. The van der Waals surface area contributed by atoms with Crippen LogP contribution in [0.3, 0.4) is 0 Å². The van der Waals surface area contributed by atoms with Gasteiger partial charge < -0.3 is 10.6 Å². The third-order valence-corrected chi connectivity index (χ3v) is 6.62. The van der Waals surface area contributed by atoms with Crippen molar-refractivity contribution in [1.29, 1.82) is 0 Å². The van der Waals surface area contributed by atoms with Crippen molar-refractivity contribution in [3.05, 3.63) is 0 Å². The smallest absolute Gasteiger partial charge is 0.227 e. The summed E-state index contributed by atoms with van der Waals surface area (Å²) in [6, 6.07) is 0. The van der Waals surface area contributed by atoms with Gasteiger partial charge in [0.25, 0.3) is 0 Å². The zero-order chi connectivity index (χ0) is 12.1. The fourth-order valence-corrected chi connectivity index (χ4v) is 5.06. The normalized spacial score (nSPS) is 33.6. The maximum Gasteiger partial charge on any atom is 0.227 e. The van der Waals surface area contributed by atoms with E-state index in [-0.39, 0.29) is 11.3 Å². The summed E-state index contributed by atoms with van der Waals surface area (Å²) in [6.07, 6.45) is 1.93. The maximum atomic E-state index is 12.3. The van der Waals surface area contributed by atoms with E-state index >= 15 is 0 Å². The van der Waals surface area contributed by atoms with Gasteiger partial charge in [-0.1, -0.05) is 6.92 Å². The van der Waals surface area contributed by atoms with Crippen molar-refractivity contribution in [2.24, 2.45) is 5.41 Å². The van der Waals surface area contributed by atoms with E-state index in [1.54, 1.807) is 0 Å². The number of rotatable bonds is 4. The van der Waals surface area contributed by atoms with Crippen LogP contribution in [0.2, 0.25) is 0 Å². The van der Waals surface area contributed by atoms with Crippen molar-refractivity contribution in [3.63, 3.8) is 0 Å². The summed E-state index contributed by atoms with van der Waals surface area (Å²) in [5.41, 5.74) is -0.132. The summed E-state index contributed by atoms with van der Waals surface area (Å²) in [6.45, 7) is 4.80. The Morgan fingerprint density at radius 1 is 1.53 bits per heavy atom. The van der Waals surface area contributed by atoms with E-state index in [1.165, 1.54) is 17.3 Å². The predicted octanol–water partition coefficient (Wildman–Crippen LogP) is 1.34. The van der Waals surface area contributed by atoms with E-state index in [4.69, 9.17) is 0 Å². The lowest BCUT2D eigenvalue weighted by Gasteiger charge is -2.27. The summed E-state index contributed by atoms with van der Waals surface area (Å²) in [4.78, 5) is 12.3. The molecule has 2 saturated heterocycles. The largest absolute Gasteiger partial charge is 0.354 e. The number of hydrogen-bond donors (Lipinski definition) is 2. The standard InChI is InChI=1S/C12H22N2OS2/c1-2-12(3-4-13-9-12)11(15)14-7-10-8-16-5-6-17-10/h10,13H,2-9H2,1H3,(H,14,15). The van der Waals surface area contributed by atoms with Gasteiger partial charge in [0.2, 0.25) is 5.91 Å². The van der Waals surface area contributed by atoms with Gasteiger partial charge in [-0.05, 0) is 19.4 Å². The number of carbonyl (C=O) groups excluding carboxylic acids is 1. The second-order valence-electron chi connectivity index (χ2n) is 4.84. The molecule has 2 unspecified atom stereocenters. The van der Waals surface area contributed by atoms with E-state index in [0.717, 1.165) is 32.5 Å². The van der Waals surface area contributed by atoms with Crippen molar-refractivity contribution < 1.29 is 4.79 Å². The van der Waals surface area contributed by atoms with Crippen molar-refractivity contribution >= 4 is 29.4 Å². The van der Waals surface area contributed by atoms with E-state index < -0.39 is 0 Å². The Morgan fingerprint density at radius 3 is 3.00 bits per heavy atom. The quantitative estimate of drug-likeness (QED) is 0.812. The van der Waals surface area contributed by atoms with E-state index in [9.17, 15) is 4.79 Å². The summed E-state index contributed by atoms with van der Waals surface area (Å²) >= 11 is 4.01. The number of nitrogens with one attached hydrogen (secondary N) is 2. The molecule has 1 amide bonds. The first-order chi connectivity index (χ1) is 8.27. The fourth-order valence-electron chi connectivity index (χ4n) is 2.45.